The molecule has 0 bridgehead atoms. The third-order valence-electron chi connectivity index (χ3n) is 3.07. The number of ether oxygens (including phenoxy) is 2. The summed E-state index contributed by atoms with van der Waals surface area (Å²) < 4.78 is 9.41. The minimum atomic E-state index is -0.821. The standard InChI is InChI=1S/C13H18O6/c1-2-11(15)19-13(17)10-6-4-3-5-9(10)12(16)18-8-7-14/h2,9-10,14H,1,3-8H2. The zero-order chi connectivity index (χ0) is 14.3. The first-order chi connectivity index (χ1) is 9.10. The van der Waals surface area contributed by atoms with E-state index in [9.17, 15) is 14.4 Å². The summed E-state index contributed by atoms with van der Waals surface area (Å²) in [4.78, 5) is 34.6. The molecule has 0 aliphatic heterocycles. The van der Waals surface area contributed by atoms with Gasteiger partial charge in [0.25, 0.3) is 0 Å². The number of carbonyl (C=O) groups is 3. The van der Waals surface area contributed by atoms with E-state index in [1.54, 1.807) is 0 Å². The van der Waals surface area contributed by atoms with Gasteiger partial charge in [-0.1, -0.05) is 19.4 Å². The number of hydrogen-bond donors (Lipinski definition) is 1. The molecular weight excluding hydrogens is 252 g/mol. The molecule has 1 aliphatic rings. The molecule has 2 unspecified atom stereocenters. The molecule has 0 aromatic carbocycles. The van der Waals surface area contributed by atoms with Gasteiger partial charge in [-0.05, 0) is 12.8 Å². The summed E-state index contributed by atoms with van der Waals surface area (Å²) in [7, 11) is 0. The van der Waals surface area contributed by atoms with Crippen LogP contribution in [0.4, 0.5) is 0 Å². The summed E-state index contributed by atoms with van der Waals surface area (Å²) in [6.45, 7) is 2.85. The molecule has 6 heteroatoms. The highest BCUT2D eigenvalue weighted by Crippen LogP contribution is 2.32. The zero-order valence-corrected chi connectivity index (χ0v) is 10.7. The normalized spacial score (nSPS) is 22.4. The van der Waals surface area contributed by atoms with Crippen LogP contribution >= 0.6 is 0 Å². The van der Waals surface area contributed by atoms with Crippen molar-refractivity contribution in [2.45, 2.75) is 25.7 Å². The maximum atomic E-state index is 11.8. The smallest absolute Gasteiger partial charge is 0.337 e. The lowest BCUT2D eigenvalue weighted by Gasteiger charge is -2.27. The maximum absolute atomic E-state index is 11.8. The second kappa shape index (κ2) is 7.68. The maximum Gasteiger partial charge on any atom is 0.337 e. The molecule has 2 atom stereocenters. The molecule has 0 saturated heterocycles. The molecule has 1 N–H and O–H groups in total. The molecule has 1 rings (SSSR count). The van der Waals surface area contributed by atoms with E-state index < -0.39 is 29.7 Å². The molecule has 1 aliphatic carbocycles. The fourth-order valence-electron chi connectivity index (χ4n) is 2.16. The minimum absolute atomic E-state index is 0.0946. The second-order valence-corrected chi connectivity index (χ2v) is 4.33. The quantitative estimate of drug-likeness (QED) is 0.446. The SMILES string of the molecule is C=CC(=O)OC(=O)C1CCCCC1C(=O)OCCO. The lowest BCUT2D eigenvalue weighted by atomic mass is 9.79. The van der Waals surface area contributed by atoms with Crippen molar-refractivity contribution in [2.75, 3.05) is 13.2 Å². The first kappa shape index (κ1) is 15.4. The largest absolute Gasteiger partial charge is 0.463 e. The third kappa shape index (κ3) is 4.48. The van der Waals surface area contributed by atoms with Crippen LogP contribution in [0.1, 0.15) is 25.7 Å². The van der Waals surface area contributed by atoms with Crippen LogP contribution in [-0.2, 0) is 23.9 Å². The van der Waals surface area contributed by atoms with E-state index in [1.165, 1.54) is 0 Å². The van der Waals surface area contributed by atoms with Gasteiger partial charge in [-0.15, -0.1) is 0 Å². The van der Waals surface area contributed by atoms with Crippen LogP contribution in [0.5, 0.6) is 0 Å². The van der Waals surface area contributed by atoms with Crippen molar-refractivity contribution >= 4 is 17.9 Å². The lowest BCUT2D eigenvalue weighted by Crippen LogP contribution is -2.36. The fourth-order valence-corrected chi connectivity index (χ4v) is 2.16. The van der Waals surface area contributed by atoms with Crippen LogP contribution in [0.15, 0.2) is 12.7 Å². The Morgan fingerprint density at radius 2 is 1.74 bits per heavy atom. The average Bonchev–Trinajstić information content (AvgIpc) is 2.44. The number of hydrogen-bond acceptors (Lipinski definition) is 6. The van der Waals surface area contributed by atoms with E-state index in [2.05, 4.69) is 11.3 Å². The van der Waals surface area contributed by atoms with Gasteiger partial charge >= 0.3 is 17.9 Å². The Balaban J connectivity index is 2.66. The summed E-state index contributed by atoms with van der Waals surface area (Å²) in [6, 6.07) is 0. The first-order valence-electron chi connectivity index (χ1n) is 6.25. The van der Waals surface area contributed by atoms with Crippen molar-refractivity contribution in [2.24, 2.45) is 11.8 Å². The van der Waals surface area contributed by atoms with Crippen LogP contribution in [0.2, 0.25) is 0 Å². The van der Waals surface area contributed by atoms with Gasteiger partial charge in [-0.25, -0.2) is 4.79 Å². The van der Waals surface area contributed by atoms with Gasteiger partial charge in [-0.2, -0.15) is 0 Å². The van der Waals surface area contributed by atoms with Crippen LogP contribution in [0, 0.1) is 11.8 Å². The second-order valence-electron chi connectivity index (χ2n) is 4.33. The Kier molecular flexibility index (Phi) is 6.21. The van der Waals surface area contributed by atoms with Crippen molar-refractivity contribution in [1.82, 2.24) is 0 Å². The highest BCUT2D eigenvalue weighted by atomic mass is 16.6. The van der Waals surface area contributed by atoms with E-state index in [1.807, 2.05) is 0 Å². The summed E-state index contributed by atoms with van der Waals surface area (Å²) in [5, 5.41) is 8.61. The van der Waals surface area contributed by atoms with Crippen molar-refractivity contribution in [3.63, 3.8) is 0 Å². The van der Waals surface area contributed by atoms with Gasteiger partial charge in [-0.3, -0.25) is 9.59 Å². The van der Waals surface area contributed by atoms with Gasteiger partial charge in [0.1, 0.15) is 6.61 Å². The van der Waals surface area contributed by atoms with Crippen molar-refractivity contribution in [3.8, 4) is 0 Å². The van der Waals surface area contributed by atoms with Crippen LogP contribution in [0.25, 0.3) is 0 Å². The Labute approximate surface area is 111 Å². The Hall–Kier alpha value is -1.69. The van der Waals surface area contributed by atoms with E-state index in [0.717, 1.165) is 18.9 Å². The topological polar surface area (TPSA) is 89.9 Å². The minimum Gasteiger partial charge on any atom is -0.463 e. The highest BCUT2D eigenvalue weighted by molar-refractivity contribution is 5.94. The lowest BCUT2D eigenvalue weighted by molar-refractivity contribution is -0.168. The van der Waals surface area contributed by atoms with E-state index in [-0.39, 0.29) is 13.2 Å². The summed E-state index contributed by atoms with van der Waals surface area (Å²) in [5.41, 5.74) is 0. The molecule has 1 fully saturated rings. The summed E-state index contributed by atoms with van der Waals surface area (Å²) >= 11 is 0. The van der Waals surface area contributed by atoms with Crippen LogP contribution in [0.3, 0.4) is 0 Å². The predicted molar refractivity (Wildman–Crippen MR) is 64.8 cm³/mol. The molecular formula is C13H18O6. The Morgan fingerprint density at radius 1 is 1.16 bits per heavy atom. The van der Waals surface area contributed by atoms with Gasteiger partial charge in [0.05, 0.1) is 18.4 Å². The number of carbonyl (C=O) groups excluding carboxylic acids is 3. The third-order valence-corrected chi connectivity index (χ3v) is 3.07. The number of aliphatic hydroxyl groups excluding tert-OH is 1. The molecule has 6 nitrogen and oxygen atoms in total. The molecule has 19 heavy (non-hydrogen) atoms. The van der Waals surface area contributed by atoms with E-state index in [4.69, 9.17) is 9.84 Å². The van der Waals surface area contributed by atoms with Crippen LogP contribution in [-0.4, -0.2) is 36.2 Å². The van der Waals surface area contributed by atoms with Crippen LogP contribution < -0.4 is 0 Å². The number of aliphatic hydroxyl groups is 1. The van der Waals surface area contributed by atoms with Crippen molar-refractivity contribution < 1.29 is 29.0 Å². The number of rotatable bonds is 5. The first-order valence-corrected chi connectivity index (χ1v) is 6.25. The monoisotopic (exact) mass is 270 g/mol. The van der Waals surface area contributed by atoms with Crippen molar-refractivity contribution in [3.05, 3.63) is 12.7 Å². The van der Waals surface area contributed by atoms with E-state index in [0.29, 0.717) is 12.8 Å². The highest BCUT2D eigenvalue weighted by Gasteiger charge is 2.38. The summed E-state index contributed by atoms with van der Waals surface area (Å²) in [6.07, 6.45) is 3.53. The molecule has 106 valence electrons. The van der Waals surface area contributed by atoms with Gasteiger partial charge in [0.2, 0.25) is 0 Å². The Bertz CT molecular complexity index is 362. The Morgan fingerprint density at radius 3 is 2.26 bits per heavy atom. The molecule has 1 saturated carbocycles. The van der Waals surface area contributed by atoms with Crippen molar-refractivity contribution in [1.29, 1.82) is 0 Å². The molecule has 0 spiro atoms. The molecule has 0 radical (unpaired) electrons. The summed E-state index contributed by atoms with van der Waals surface area (Å²) in [5.74, 6) is -3.33. The zero-order valence-electron chi connectivity index (χ0n) is 10.7. The van der Waals surface area contributed by atoms with E-state index >= 15 is 0 Å². The van der Waals surface area contributed by atoms with Gasteiger partial charge in [0, 0.05) is 6.08 Å². The molecule has 0 aromatic heterocycles. The average molecular weight is 270 g/mol. The molecule has 0 heterocycles. The molecule has 0 aromatic rings. The molecule has 0 amide bonds. The number of esters is 3. The van der Waals surface area contributed by atoms with Gasteiger partial charge < -0.3 is 14.6 Å². The van der Waals surface area contributed by atoms with Gasteiger partial charge in [0.15, 0.2) is 0 Å². The predicted octanol–water partition coefficient (Wildman–Crippen LogP) is 0.584. The fraction of sp³-hybridized carbons (Fsp3) is 0.615.